The molecule has 0 spiro atoms. The molecule has 1 aliphatic heterocycles. The van der Waals surface area contributed by atoms with E-state index in [9.17, 15) is 9.47 Å². The van der Waals surface area contributed by atoms with Crippen molar-refractivity contribution in [2.75, 3.05) is 36.7 Å². The molecule has 0 amide bonds. The minimum atomic E-state index is -2.34. The molecular formula is C25H28N8OS. The predicted molar refractivity (Wildman–Crippen MR) is 138 cm³/mol. The molecule has 10 heteroatoms. The minimum Gasteiger partial charge on any atom is -0.324 e. The van der Waals surface area contributed by atoms with Crippen molar-refractivity contribution in [3.63, 3.8) is 0 Å². The van der Waals surface area contributed by atoms with E-state index in [4.69, 9.17) is 0 Å². The van der Waals surface area contributed by atoms with Gasteiger partial charge in [0.15, 0.2) is 11.6 Å². The fourth-order valence-electron chi connectivity index (χ4n) is 5.21. The topological polar surface area (TPSA) is 119 Å². The summed E-state index contributed by atoms with van der Waals surface area (Å²) in [7, 11) is -0.174. The largest absolute Gasteiger partial charge is 0.324 e. The van der Waals surface area contributed by atoms with Crippen molar-refractivity contribution in [3.8, 4) is 6.07 Å². The molecule has 1 aliphatic carbocycles. The van der Waals surface area contributed by atoms with Crippen LogP contribution in [0.4, 0.5) is 29.1 Å². The van der Waals surface area contributed by atoms with Crippen molar-refractivity contribution in [3.05, 3.63) is 58.8 Å². The summed E-state index contributed by atoms with van der Waals surface area (Å²) in [6, 6.07) is 11.7. The monoisotopic (exact) mass is 488 g/mol. The van der Waals surface area contributed by atoms with Crippen LogP contribution in [0.15, 0.2) is 40.9 Å². The van der Waals surface area contributed by atoms with Crippen LogP contribution in [0.25, 0.3) is 0 Å². The minimum absolute atomic E-state index is 0.217. The lowest BCUT2D eigenvalue weighted by Gasteiger charge is -2.38. The Bertz CT molecular complexity index is 1480. The standard InChI is InChI=1S/C25H28N8OS/c1-25-9-8-16-10-19(11-17(22(16)25)14-33(2)15-25)28-24-27-13-18(12-26)23(31-24)30-20-6-5-7-21(29-20)32-35(3,4)34/h5-7,10-11,13H,8-9,14-15H2,1-4H3,(H2,27,28,29,30,31). The lowest BCUT2D eigenvalue weighted by molar-refractivity contribution is 0.224. The van der Waals surface area contributed by atoms with Crippen LogP contribution in [-0.4, -0.2) is 50.2 Å². The van der Waals surface area contributed by atoms with Gasteiger partial charge in [-0.25, -0.2) is 14.2 Å². The summed E-state index contributed by atoms with van der Waals surface area (Å²) < 4.78 is 16.2. The van der Waals surface area contributed by atoms with Gasteiger partial charge in [-0.15, -0.1) is 0 Å². The van der Waals surface area contributed by atoms with Gasteiger partial charge in [-0.2, -0.15) is 14.6 Å². The molecule has 0 saturated carbocycles. The molecule has 0 saturated heterocycles. The van der Waals surface area contributed by atoms with E-state index in [1.165, 1.54) is 22.9 Å². The third-order valence-electron chi connectivity index (χ3n) is 6.37. The number of pyridine rings is 1. The Morgan fingerprint density at radius 1 is 1.20 bits per heavy atom. The van der Waals surface area contributed by atoms with Gasteiger partial charge in [-0.3, -0.25) is 0 Å². The number of rotatable bonds is 5. The summed E-state index contributed by atoms with van der Waals surface area (Å²) in [5.74, 6) is 1.51. The van der Waals surface area contributed by atoms with Crippen molar-refractivity contribution < 1.29 is 4.21 Å². The number of likely N-dealkylation sites (N-methyl/N-ethyl adjacent to an activating group) is 1. The highest BCUT2D eigenvalue weighted by molar-refractivity contribution is 7.92. The van der Waals surface area contributed by atoms with E-state index in [0.717, 1.165) is 31.6 Å². The number of nitrogens with zero attached hydrogens (tertiary/aromatic N) is 6. The number of aryl methyl sites for hydroxylation is 1. The zero-order chi connectivity index (χ0) is 24.8. The van der Waals surface area contributed by atoms with Crippen molar-refractivity contribution >= 4 is 38.8 Å². The first kappa shape index (κ1) is 23.2. The SMILES string of the molecule is CN1Cc2cc(Nc3ncc(C#N)c(Nc4cccc(N=S(C)(C)=O)n4)n3)cc3c2C(C)(CC3)C1. The van der Waals surface area contributed by atoms with Gasteiger partial charge in [0.1, 0.15) is 17.5 Å². The number of hydrogen-bond donors (Lipinski definition) is 2. The Kier molecular flexibility index (Phi) is 5.69. The van der Waals surface area contributed by atoms with E-state index in [0.29, 0.717) is 23.4 Å². The molecule has 3 aromatic rings. The van der Waals surface area contributed by atoms with E-state index in [1.54, 1.807) is 30.7 Å². The Morgan fingerprint density at radius 3 is 2.77 bits per heavy atom. The summed E-state index contributed by atoms with van der Waals surface area (Å²) in [6.45, 7) is 4.37. The molecule has 0 bridgehead atoms. The molecule has 2 aliphatic rings. The molecule has 3 heterocycles. The summed E-state index contributed by atoms with van der Waals surface area (Å²) in [5.41, 5.74) is 5.68. The Labute approximate surface area is 205 Å². The second kappa shape index (κ2) is 8.59. The lowest BCUT2D eigenvalue weighted by atomic mass is 9.78. The number of nitriles is 1. The molecule has 2 N–H and O–H groups in total. The van der Waals surface area contributed by atoms with Gasteiger partial charge in [0.25, 0.3) is 0 Å². The van der Waals surface area contributed by atoms with Crippen molar-refractivity contribution in [1.29, 1.82) is 5.26 Å². The fourth-order valence-corrected chi connectivity index (χ4v) is 5.76. The zero-order valence-corrected chi connectivity index (χ0v) is 21.1. The molecule has 1 atom stereocenters. The van der Waals surface area contributed by atoms with E-state index in [2.05, 4.69) is 67.0 Å². The van der Waals surface area contributed by atoms with Crippen LogP contribution < -0.4 is 10.6 Å². The molecule has 180 valence electrons. The van der Waals surface area contributed by atoms with Gasteiger partial charge in [-0.05, 0) is 60.8 Å². The Balaban J connectivity index is 1.44. The van der Waals surface area contributed by atoms with Crippen LogP contribution in [0.1, 0.15) is 35.6 Å². The second-order valence-corrected chi connectivity index (χ2v) is 12.4. The van der Waals surface area contributed by atoms with E-state index in [-0.39, 0.29) is 11.0 Å². The Morgan fingerprint density at radius 2 is 2.00 bits per heavy atom. The van der Waals surface area contributed by atoms with Gasteiger partial charge >= 0.3 is 0 Å². The first-order valence-corrected chi connectivity index (χ1v) is 13.8. The van der Waals surface area contributed by atoms with Crippen LogP contribution in [0.2, 0.25) is 0 Å². The smallest absolute Gasteiger partial charge is 0.229 e. The van der Waals surface area contributed by atoms with Gasteiger partial charge in [-0.1, -0.05) is 13.0 Å². The van der Waals surface area contributed by atoms with Gasteiger partial charge < -0.3 is 15.5 Å². The maximum Gasteiger partial charge on any atom is 0.229 e. The van der Waals surface area contributed by atoms with Crippen LogP contribution in [0.5, 0.6) is 0 Å². The van der Waals surface area contributed by atoms with Crippen LogP contribution in [-0.2, 0) is 28.1 Å². The summed E-state index contributed by atoms with van der Waals surface area (Å²) >= 11 is 0. The van der Waals surface area contributed by atoms with Gasteiger partial charge in [0, 0.05) is 46.4 Å². The van der Waals surface area contributed by atoms with Crippen LogP contribution in [0.3, 0.4) is 0 Å². The summed E-state index contributed by atoms with van der Waals surface area (Å²) in [4.78, 5) is 15.7. The fraction of sp³-hybridized carbons (Fsp3) is 0.360. The summed E-state index contributed by atoms with van der Waals surface area (Å²) in [5, 5.41) is 16.0. The average Bonchev–Trinajstić information content (AvgIpc) is 3.09. The van der Waals surface area contributed by atoms with Crippen molar-refractivity contribution in [2.24, 2.45) is 4.36 Å². The maximum atomic E-state index is 12.0. The van der Waals surface area contributed by atoms with Crippen molar-refractivity contribution in [1.82, 2.24) is 19.9 Å². The first-order chi connectivity index (χ1) is 16.6. The molecule has 1 aromatic carbocycles. The molecule has 35 heavy (non-hydrogen) atoms. The molecule has 1 unspecified atom stereocenters. The number of benzene rings is 1. The molecule has 0 fully saturated rings. The summed E-state index contributed by atoms with van der Waals surface area (Å²) in [6.07, 6.45) is 6.82. The number of nitrogens with one attached hydrogen (secondary N) is 2. The zero-order valence-electron chi connectivity index (χ0n) is 20.3. The highest BCUT2D eigenvalue weighted by Gasteiger charge is 2.40. The van der Waals surface area contributed by atoms with Gasteiger partial charge in [0.2, 0.25) is 5.95 Å². The number of anilines is 4. The normalized spacial score (nSPS) is 19.1. The van der Waals surface area contributed by atoms with Crippen molar-refractivity contribution in [2.45, 2.75) is 31.7 Å². The lowest BCUT2D eigenvalue weighted by Crippen LogP contribution is -2.40. The predicted octanol–water partition coefficient (Wildman–Crippen LogP) is 4.24. The van der Waals surface area contributed by atoms with E-state index >= 15 is 0 Å². The number of aromatic nitrogens is 3. The molecule has 0 radical (unpaired) electrons. The van der Waals surface area contributed by atoms with Crippen LogP contribution >= 0.6 is 0 Å². The Hall–Kier alpha value is -3.55. The highest BCUT2D eigenvalue weighted by Crippen LogP contribution is 2.45. The average molecular weight is 489 g/mol. The second-order valence-electron chi connectivity index (χ2n) is 9.87. The molecule has 9 nitrogen and oxygen atoms in total. The quantitative estimate of drug-likeness (QED) is 0.547. The van der Waals surface area contributed by atoms with E-state index in [1.807, 2.05) is 0 Å². The maximum absolute atomic E-state index is 12.0. The molecule has 5 rings (SSSR count). The van der Waals surface area contributed by atoms with E-state index < -0.39 is 9.73 Å². The number of hydrogen-bond acceptors (Lipinski definition) is 9. The van der Waals surface area contributed by atoms with Gasteiger partial charge in [0.05, 0.1) is 6.20 Å². The highest BCUT2D eigenvalue weighted by atomic mass is 32.2. The third-order valence-corrected chi connectivity index (χ3v) is 7.00. The molecule has 2 aromatic heterocycles. The first-order valence-electron chi connectivity index (χ1n) is 11.4. The van der Waals surface area contributed by atoms with Crippen LogP contribution in [0, 0.1) is 11.3 Å². The molecular weight excluding hydrogens is 460 g/mol. The third kappa shape index (κ3) is 4.83.